The van der Waals surface area contributed by atoms with Crippen LogP contribution >= 0.6 is 0 Å². The lowest BCUT2D eigenvalue weighted by atomic mass is 10.1. The molecule has 0 radical (unpaired) electrons. The molecule has 2 aliphatic heterocycles. The third kappa shape index (κ3) is 3.95. The van der Waals surface area contributed by atoms with Crippen molar-refractivity contribution in [1.82, 2.24) is 4.31 Å². The SMILES string of the molecule is CN(C)S(=O)(=O)c1ccc(N2CCCC2)c(C(=O)Nc2ccc3c(c2)OCCO3)c1. The normalized spacial score (nSPS) is 16.0. The van der Waals surface area contributed by atoms with E-state index < -0.39 is 10.0 Å². The highest BCUT2D eigenvalue weighted by molar-refractivity contribution is 7.89. The van der Waals surface area contributed by atoms with E-state index in [9.17, 15) is 13.2 Å². The summed E-state index contributed by atoms with van der Waals surface area (Å²) in [7, 11) is -0.718. The van der Waals surface area contributed by atoms with Gasteiger partial charge in [-0.15, -0.1) is 0 Å². The molecule has 2 aromatic rings. The smallest absolute Gasteiger partial charge is 0.257 e. The second kappa shape index (κ2) is 8.16. The number of carbonyl (C=O) groups excluding carboxylic acids is 1. The Kier molecular flexibility index (Phi) is 5.57. The van der Waals surface area contributed by atoms with Gasteiger partial charge in [0.1, 0.15) is 13.2 Å². The zero-order valence-corrected chi connectivity index (χ0v) is 17.9. The minimum Gasteiger partial charge on any atom is -0.486 e. The fourth-order valence-electron chi connectivity index (χ4n) is 3.62. The predicted octanol–water partition coefficient (Wildman–Crippen LogP) is 2.56. The van der Waals surface area contributed by atoms with Crippen LogP contribution < -0.4 is 19.7 Å². The van der Waals surface area contributed by atoms with Crippen molar-refractivity contribution in [2.75, 3.05) is 50.6 Å². The van der Waals surface area contributed by atoms with Gasteiger partial charge in [0.05, 0.1) is 10.5 Å². The summed E-state index contributed by atoms with van der Waals surface area (Å²) < 4.78 is 37.4. The molecule has 0 bridgehead atoms. The van der Waals surface area contributed by atoms with Crippen LogP contribution in [0.4, 0.5) is 11.4 Å². The fraction of sp³-hybridized carbons (Fsp3) is 0.381. The van der Waals surface area contributed by atoms with Gasteiger partial charge in [-0.05, 0) is 43.2 Å². The highest BCUT2D eigenvalue weighted by Gasteiger charge is 2.25. The van der Waals surface area contributed by atoms with E-state index in [1.165, 1.54) is 20.2 Å². The molecule has 1 fully saturated rings. The Hall–Kier alpha value is -2.78. The number of sulfonamides is 1. The van der Waals surface area contributed by atoms with Crippen LogP contribution in [0.5, 0.6) is 11.5 Å². The Morgan fingerprint density at radius 2 is 1.70 bits per heavy atom. The van der Waals surface area contributed by atoms with E-state index in [4.69, 9.17) is 9.47 Å². The lowest BCUT2D eigenvalue weighted by Gasteiger charge is -2.23. The van der Waals surface area contributed by atoms with E-state index in [-0.39, 0.29) is 10.8 Å². The standard InChI is InChI=1S/C21H25N3O5S/c1-23(2)30(26,27)16-6-7-18(24-9-3-4-10-24)17(14-16)21(25)22-15-5-8-19-20(13-15)29-12-11-28-19/h5-8,13-14H,3-4,9-12H2,1-2H3,(H,22,25). The van der Waals surface area contributed by atoms with Crippen molar-refractivity contribution < 1.29 is 22.7 Å². The van der Waals surface area contributed by atoms with E-state index >= 15 is 0 Å². The lowest BCUT2D eigenvalue weighted by Crippen LogP contribution is -2.25. The number of hydrogen-bond acceptors (Lipinski definition) is 6. The van der Waals surface area contributed by atoms with Crippen LogP contribution in [-0.2, 0) is 10.0 Å². The molecule has 2 aromatic carbocycles. The van der Waals surface area contributed by atoms with Crippen molar-refractivity contribution in [2.45, 2.75) is 17.7 Å². The van der Waals surface area contributed by atoms with Gasteiger partial charge in [-0.2, -0.15) is 0 Å². The number of ether oxygens (including phenoxy) is 2. The van der Waals surface area contributed by atoms with Gasteiger partial charge >= 0.3 is 0 Å². The van der Waals surface area contributed by atoms with E-state index in [0.29, 0.717) is 36.0 Å². The average molecular weight is 432 g/mol. The van der Waals surface area contributed by atoms with Crippen molar-refractivity contribution in [2.24, 2.45) is 0 Å². The lowest BCUT2D eigenvalue weighted by molar-refractivity contribution is 0.102. The Balaban J connectivity index is 1.68. The van der Waals surface area contributed by atoms with Crippen LogP contribution in [0, 0.1) is 0 Å². The first-order valence-electron chi connectivity index (χ1n) is 9.89. The third-order valence-corrected chi connectivity index (χ3v) is 7.05. The quantitative estimate of drug-likeness (QED) is 0.783. The summed E-state index contributed by atoms with van der Waals surface area (Å²) in [5.74, 6) is 0.836. The molecule has 1 saturated heterocycles. The van der Waals surface area contributed by atoms with Crippen LogP contribution in [0.1, 0.15) is 23.2 Å². The number of anilines is 2. The number of hydrogen-bond donors (Lipinski definition) is 1. The molecule has 0 aliphatic carbocycles. The maximum Gasteiger partial charge on any atom is 0.257 e. The molecule has 2 aliphatic rings. The Morgan fingerprint density at radius 3 is 2.40 bits per heavy atom. The van der Waals surface area contributed by atoms with Crippen LogP contribution in [-0.4, -0.2) is 59.0 Å². The Bertz CT molecular complexity index is 1060. The van der Waals surface area contributed by atoms with Crippen molar-refractivity contribution in [3.05, 3.63) is 42.0 Å². The summed E-state index contributed by atoms with van der Waals surface area (Å²) in [6.07, 6.45) is 2.09. The number of benzene rings is 2. The first-order chi connectivity index (χ1) is 14.4. The summed E-state index contributed by atoms with van der Waals surface area (Å²) in [4.78, 5) is 15.4. The molecule has 160 valence electrons. The van der Waals surface area contributed by atoms with Crippen molar-refractivity contribution in [3.63, 3.8) is 0 Å². The molecule has 1 amide bonds. The van der Waals surface area contributed by atoms with Crippen molar-refractivity contribution >= 4 is 27.3 Å². The number of rotatable bonds is 5. The fourth-order valence-corrected chi connectivity index (χ4v) is 4.55. The third-order valence-electron chi connectivity index (χ3n) is 5.24. The number of nitrogens with one attached hydrogen (secondary N) is 1. The molecule has 0 atom stereocenters. The first-order valence-corrected chi connectivity index (χ1v) is 11.3. The highest BCUT2D eigenvalue weighted by atomic mass is 32.2. The van der Waals surface area contributed by atoms with E-state index in [0.717, 1.165) is 35.9 Å². The second-order valence-corrected chi connectivity index (χ2v) is 9.62. The van der Waals surface area contributed by atoms with Gasteiger partial charge in [-0.1, -0.05) is 0 Å². The van der Waals surface area contributed by atoms with Crippen molar-refractivity contribution in [1.29, 1.82) is 0 Å². The predicted molar refractivity (Wildman–Crippen MR) is 114 cm³/mol. The molecule has 0 saturated carbocycles. The minimum absolute atomic E-state index is 0.0859. The largest absolute Gasteiger partial charge is 0.486 e. The Morgan fingerprint density at radius 1 is 1.00 bits per heavy atom. The van der Waals surface area contributed by atoms with Gasteiger partial charge in [-0.25, -0.2) is 12.7 Å². The van der Waals surface area contributed by atoms with Gasteiger partial charge < -0.3 is 19.7 Å². The molecule has 0 unspecified atom stereocenters. The molecule has 4 rings (SSSR count). The van der Waals surface area contributed by atoms with Gasteiger partial charge in [0.15, 0.2) is 11.5 Å². The molecule has 2 heterocycles. The summed E-state index contributed by atoms with van der Waals surface area (Å²) >= 11 is 0. The van der Waals surface area contributed by atoms with Gasteiger partial charge in [-0.3, -0.25) is 4.79 Å². The number of amides is 1. The molecule has 1 N–H and O–H groups in total. The zero-order chi connectivity index (χ0) is 21.3. The van der Waals surface area contributed by atoms with Crippen LogP contribution in [0.3, 0.4) is 0 Å². The van der Waals surface area contributed by atoms with E-state index in [1.807, 2.05) is 0 Å². The maximum atomic E-state index is 13.2. The summed E-state index contributed by atoms with van der Waals surface area (Å²) in [5, 5.41) is 2.87. The molecule has 0 spiro atoms. The number of fused-ring (bicyclic) bond motifs is 1. The van der Waals surface area contributed by atoms with Crippen LogP contribution in [0.25, 0.3) is 0 Å². The summed E-state index contributed by atoms with van der Waals surface area (Å²) in [5.41, 5.74) is 1.62. The Labute approximate surface area is 176 Å². The van der Waals surface area contributed by atoms with Gasteiger partial charge in [0, 0.05) is 44.6 Å². The molecule has 30 heavy (non-hydrogen) atoms. The van der Waals surface area contributed by atoms with Crippen LogP contribution in [0.15, 0.2) is 41.3 Å². The maximum absolute atomic E-state index is 13.2. The summed E-state index contributed by atoms with van der Waals surface area (Å²) in [6, 6.07) is 9.93. The molecule has 9 heteroatoms. The van der Waals surface area contributed by atoms with E-state index in [2.05, 4.69) is 10.2 Å². The van der Waals surface area contributed by atoms with E-state index in [1.54, 1.807) is 30.3 Å². The molecule has 0 aromatic heterocycles. The molecular formula is C21H25N3O5S. The van der Waals surface area contributed by atoms with Crippen LogP contribution in [0.2, 0.25) is 0 Å². The number of nitrogens with zero attached hydrogens (tertiary/aromatic N) is 2. The number of carbonyl (C=O) groups is 1. The second-order valence-electron chi connectivity index (χ2n) is 7.47. The molecule has 8 nitrogen and oxygen atoms in total. The van der Waals surface area contributed by atoms with Gasteiger partial charge in [0.25, 0.3) is 5.91 Å². The van der Waals surface area contributed by atoms with Gasteiger partial charge in [0.2, 0.25) is 10.0 Å². The monoisotopic (exact) mass is 431 g/mol. The highest BCUT2D eigenvalue weighted by Crippen LogP contribution is 2.34. The zero-order valence-electron chi connectivity index (χ0n) is 17.1. The average Bonchev–Trinajstić information content (AvgIpc) is 3.28. The molecular weight excluding hydrogens is 406 g/mol. The topological polar surface area (TPSA) is 88.2 Å². The summed E-state index contributed by atoms with van der Waals surface area (Å²) in [6.45, 7) is 2.62. The first kappa shape index (κ1) is 20.5. The minimum atomic E-state index is -3.66. The van der Waals surface area contributed by atoms with Crippen molar-refractivity contribution in [3.8, 4) is 11.5 Å².